The maximum atomic E-state index is 12.3. The van der Waals surface area contributed by atoms with Crippen LogP contribution in [-0.4, -0.2) is 24.4 Å². The molecule has 0 fully saturated rings. The molecular weight excluding hydrogens is 278 g/mol. The highest BCUT2D eigenvalue weighted by molar-refractivity contribution is 5.99. The van der Waals surface area contributed by atoms with Gasteiger partial charge in [0, 0.05) is 17.7 Å². The minimum Gasteiger partial charge on any atom is -0.464 e. The molecule has 0 aliphatic rings. The summed E-state index contributed by atoms with van der Waals surface area (Å²) in [5.74, 6) is -0.516. The average molecular weight is 297 g/mol. The van der Waals surface area contributed by atoms with E-state index in [-0.39, 0.29) is 18.8 Å². The summed E-state index contributed by atoms with van der Waals surface area (Å²) in [4.78, 5) is 24.4. The summed E-state index contributed by atoms with van der Waals surface area (Å²) in [6.07, 6.45) is 0.0533. The van der Waals surface area contributed by atoms with Crippen molar-refractivity contribution in [2.45, 2.75) is 19.4 Å². The Bertz CT molecular complexity index is 611. The molecule has 0 aliphatic carbocycles. The number of carbonyl (C=O) groups excluding carboxylic acids is 2. The van der Waals surface area contributed by atoms with E-state index >= 15 is 0 Å². The van der Waals surface area contributed by atoms with Gasteiger partial charge >= 0.3 is 5.97 Å². The Hall–Kier alpha value is -2.62. The van der Waals surface area contributed by atoms with Crippen molar-refractivity contribution >= 4 is 17.4 Å². The first-order valence-electron chi connectivity index (χ1n) is 7.27. The standard InChI is InChI=1S/C18H19NO3/c1-2-22-18(21)16(19-15-11-7-4-8-12-15)13-17(20)14-9-5-3-6-10-14/h3-12,16,19H,2,13H2,1H3. The molecule has 0 bridgehead atoms. The van der Waals surface area contributed by atoms with Crippen molar-refractivity contribution in [2.75, 3.05) is 11.9 Å². The third-order valence-electron chi connectivity index (χ3n) is 3.17. The number of benzene rings is 2. The van der Waals surface area contributed by atoms with E-state index in [1.54, 1.807) is 31.2 Å². The molecule has 22 heavy (non-hydrogen) atoms. The summed E-state index contributed by atoms with van der Waals surface area (Å²) < 4.78 is 5.06. The van der Waals surface area contributed by atoms with Crippen LogP contribution in [0.2, 0.25) is 0 Å². The zero-order valence-corrected chi connectivity index (χ0v) is 12.5. The highest BCUT2D eigenvalue weighted by Crippen LogP contribution is 2.13. The van der Waals surface area contributed by atoms with Crippen molar-refractivity contribution in [3.63, 3.8) is 0 Å². The molecule has 1 N–H and O–H groups in total. The lowest BCUT2D eigenvalue weighted by Crippen LogP contribution is -2.33. The van der Waals surface area contributed by atoms with Gasteiger partial charge in [-0.25, -0.2) is 4.79 Å². The third-order valence-corrected chi connectivity index (χ3v) is 3.17. The molecule has 2 rings (SSSR count). The third kappa shape index (κ3) is 4.45. The average Bonchev–Trinajstić information content (AvgIpc) is 2.56. The summed E-state index contributed by atoms with van der Waals surface area (Å²) in [7, 11) is 0. The summed E-state index contributed by atoms with van der Waals surface area (Å²) in [5.41, 5.74) is 1.37. The zero-order valence-electron chi connectivity index (χ0n) is 12.5. The number of para-hydroxylation sites is 1. The van der Waals surface area contributed by atoms with Crippen LogP contribution in [0, 0.1) is 0 Å². The molecule has 0 spiro atoms. The van der Waals surface area contributed by atoms with Gasteiger partial charge in [0.1, 0.15) is 6.04 Å². The summed E-state index contributed by atoms with van der Waals surface area (Å²) in [6, 6.07) is 17.6. The molecule has 0 saturated carbocycles. The van der Waals surface area contributed by atoms with Crippen molar-refractivity contribution in [3.8, 4) is 0 Å². The number of ketones is 1. The molecule has 4 nitrogen and oxygen atoms in total. The monoisotopic (exact) mass is 297 g/mol. The molecule has 114 valence electrons. The van der Waals surface area contributed by atoms with Crippen LogP contribution in [0.25, 0.3) is 0 Å². The molecule has 4 heteroatoms. The highest BCUT2D eigenvalue weighted by atomic mass is 16.5. The van der Waals surface area contributed by atoms with Gasteiger partial charge in [-0.3, -0.25) is 4.79 Å². The molecule has 0 aliphatic heterocycles. The van der Waals surface area contributed by atoms with Gasteiger partial charge in [-0.1, -0.05) is 48.5 Å². The maximum absolute atomic E-state index is 12.3. The normalized spacial score (nSPS) is 11.5. The number of hydrogen-bond acceptors (Lipinski definition) is 4. The first kappa shape index (κ1) is 15.8. The quantitative estimate of drug-likeness (QED) is 0.629. The first-order chi connectivity index (χ1) is 10.7. The van der Waals surface area contributed by atoms with Crippen LogP contribution in [0.1, 0.15) is 23.7 Å². The van der Waals surface area contributed by atoms with E-state index in [0.717, 1.165) is 5.69 Å². The zero-order chi connectivity index (χ0) is 15.8. The maximum Gasteiger partial charge on any atom is 0.329 e. The van der Waals surface area contributed by atoms with Gasteiger partial charge < -0.3 is 10.1 Å². The Morgan fingerprint density at radius 2 is 1.59 bits per heavy atom. The minimum atomic E-state index is -0.699. The fraction of sp³-hybridized carbons (Fsp3) is 0.222. The summed E-state index contributed by atoms with van der Waals surface area (Å²) in [6.45, 7) is 2.03. The van der Waals surface area contributed by atoms with Gasteiger partial charge in [-0.05, 0) is 19.1 Å². The molecular formula is C18H19NO3. The lowest BCUT2D eigenvalue weighted by molar-refractivity contribution is -0.144. The van der Waals surface area contributed by atoms with E-state index in [9.17, 15) is 9.59 Å². The van der Waals surface area contributed by atoms with E-state index < -0.39 is 12.0 Å². The van der Waals surface area contributed by atoms with Crippen molar-refractivity contribution in [2.24, 2.45) is 0 Å². The molecule has 0 radical (unpaired) electrons. The highest BCUT2D eigenvalue weighted by Gasteiger charge is 2.23. The Morgan fingerprint density at radius 3 is 2.18 bits per heavy atom. The number of hydrogen-bond donors (Lipinski definition) is 1. The number of rotatable bonds is 7. The van der Waals surface area contributed by atoms with E-state index in [2.05, 4.69) is 5.32 Å². The fourth-order valence-electron chi connectivity index (χ4n) is 2.10. The van der Waals surface area contributed by atoms with Gasteiger partial charge in [0.2, 0.25) is 0 Å². The number of anilines is 1. The topological polar surface area (TPSA) is 55.4 Å². The Balaban J connectivity index is 2.11. The largest absolute Gasteiger partial charge is 0.464 e. The van der Waals surface area contributed by atoms with Crippen LogP contribution in [0.3, 0.4) is 0 Å². The van der Waals surface area contributed by atoms with Crippen LogP contribution in [0.15, 0.2) is 60.7 Å². The second-order valence-electron chi connectivity index (χ2n) is 4.81. The first-order valence-corrected chi connectivity index (χ1v) is 7.27. The minimum absolute atomic E-state index is 0.0533. The van der Waals surface area contributed by atoms with E-state index in [1.807, 2.05) is 36.4 Å². The molecule has 0 amide bonds. The predicted molar refractivity (Wildman–Crippen MR) is 85.9 cm³/mol. The number of esters is 1. The lowest BCUT2D eigenvalue weighted by atomic mass is 10.0. The number of ether oxygens (including phenoxy) is 1. The molecule has 1 unspecified atom stereocenters. The van der Waals surface area contributed by atoms with E-state index in [0.29, 0.717) is 5.56 Å². The van der Waals surface area contributed by atoms with Gasteiger partial charge in [0.05, 0.1) is 6.61 Å². The van der Waals surface area contributed by atoms with Crippen LogP contribution < -0.4 is 5.32 Å². The van der Waals surface area contributed by atoms with E-state index in [4.69, 9.17) is 4.74 Å². The molecule has 0 heterocycles. The van der Waals surface area contributed by atoms with Crippen molar-refractivity contribution in [1.29, 1.82) is 0 Å². The van der Waals surface area contributed by atoms with Crippen LogP contribution in [-0.2, 0) is 9.53 Å². The fourth-order valence-corrected chi connectivity index (χ4v) is 2.10. The van der Waals surface area contributed by atoms with Gasteiger partial charge in [0.25, 0.3) is 0 Å². The molecule has 2 aromatic rings. The number of Topliss-reactive ketones (excluding diaryl/α,β-unsaturated/α-hetero) is 1. The second kappa shape index (κ2) is 7.98. The lowest BCUT2D eigenvalue weighted by Gasteiger charge is -2.17. The molecule has 0 aromatic heterocycles. The summed E-state index contributed by atoms with van der Waals surface area (Å²) in [5, 5.41) is 3.07. The Labute approximate surface area is 130 Å². The van der Waals surface area contributed by atoms with Crippen molar-refractivity contribution in [3.05, 3.63) is 66.2 Å². The predicted octanol–water partition coefficient (Wildman–Crippen LogP) is 3.30. The Morgan fingerprint density at radius 1 is 1.00 bits per heavy atom. The van der Waals surface area contributed by atoms with Crippen molar-refractivity contribution < 1.29 is 14.3 Å². The van der Waals surface area contributed by atoms with Crippen LogP contribution in [0.5, 0.6) is 0 Å². The summed E-state index contributed by atoms with van der Waals surface area (Å²) >= 11 is 0. The van der Waals surface area contributed by atoms with Crippen LogP contribution >= 0.6 is 0 Å². The number of nitrogens with one attached hydrogen (secondary N) is 1. The van der Waals surface area contributed by atoms with E-state index in [1.165, 1.54) is 0 Å². The second-order valence-corrected chi connectivity index (χ2v) is 4.81. The van der Waals surface area contributed by atoms with Gasteiger partial charge in [0.15, 0.2) is 5.78 Å². The van der Waals surface area contributed by atoms with Crippen molar-refractivity contribution in [1.82, 2.24) is 0 Å². The SMILES string of the molecule is CCOC(=O)C(CC(=O)c1ccccc1)Nc1ccccc1. The van der Waals surface area contributed by atoms with Gasteiger partial charge in [-0.2, -0.15) is 0 Å². The molecule has 0 saturated heterocycles. The molecule has 2 aromatic carbocycles. The molecule has 1 atom stereocenters. The van der Waals surface area contributed by atoms with Gasteiger partial charge in [-0.15, -0.1) is 0 Å². The van der Waals surface area contributed by atoms with Crippen LogP contribution in [0.4, 0.5) is 5.69 Å². The Kier molecular flexibility index (Phi) is 5.72. The smallest absolute Gasteiger partial charge is 0.329 e. The number of carbonyl (C=O) groups is 2.